The Morgan fingerprint density at radius 2 is 1.97 bits per heavy atom. The van der Waals surface area contributed by atoms with Gasteiger partial charge in [0.25, 0.3) is 0 Å². The number of aryl methyl sites for hydroxylation is 1. The number of rotatable bonds is 11. The lowest BCUT2D eigenvalue weighted by Gasteiger charge is -2.20. The van der Waals surface area contributed by atoms with Gasteiger partial charge in [-0.05, 0) is 69.3 Å². The van der Waals surface area contributed by atoms with Gasteiger partial charge in [-0.25, -0.2) is 4.39 Å². The van der Waals surface area contributed by atoms with E-state index >= 15 is 0 Å². The Morgan fingerprint density at radius 1 is 1.28 bits per heavy atom. The molecular formula is C22H33FN4O2. The van der Waals surface area contributed by atoms with E-state index in [-0.39, 0.29) is 6.79 Å². The van der Waals surface area contributed by atoms with E-state index in [0.717, 1.165) is 47.6 Å². The first-order valence-electron chi connectivity index (χ1n) is 10.2. The largest absolute Gasteiger partial charge is 0.454 e. The predicted octanol–water partition coefficient (Wildman–Crippen LogP) is 4.27. The minimum absolute atomic E-state index is 0.238. The average molecular weight is 405 g/mol. The first kappa shape index (κ1) is 23.0. The highest BCUT2D eigenvalue weighted by Crippen LogP contribution is 2.35. The van der Waals surface area contributed by atoms with Gasteiger partial charge >= 0.3 is 0 Å². The Morgan fingerprint density at radius 3 is 2.55 bits per heavy atom. The molecule has 2 atom stereocenters. The Balaban J connectivity index is 2.38. The fourth-order valence-corrected chi connectivity index (χ4v) is 3.55. The van der Waals surface area contributed by atoms with Crippen LogP contribution in [0.25, 0.3) is 0 Å². The molecule has 0 aromatic heterocycles. The van der Waals surface area contributed by atoms with E-state index in [1.807, 2.05) is 19.1 Å². The summed E-state index contributed by atoms with van der Waals surface area (Å²) in [5, 5.41) is 8.12. The number of nitrogens with one attached hydrogen (secondary N) is 1. The molecule has 0 bridgehead atoms. The van der Waals surface area contributed by atoms with Gasteiger partial charge in [-0.1, -0.05) is 13.3 Å². The lowest BCUT2D eigenvalue weighted by atomic mass is 9.91. The quantitative estimate of drug-likeness (QED) is 0.426. The highest BCUT2D eigenvalue weighted by molar-refractivity contribution is 6.10. The molecule has 1 aromatic carbocycles. The number of ether oxygens (including phenoxy) is 2. The molecule has 0 saturated heterocycles. The summed E-state index contributed by atoms with van der Waals surface area (Å²) in [7, 11) is 0. The van der Waals surface area contributed by atoms with Crippen molar-refractivity contribution >= 4 is 17.1 Å². The van der Waals surface area contributed by atoms with Crippen LogP contribution in [0.2, 0.25) is 0 Å². The molecular weight excluding hydrogens is 371 g/mol. The molecule has 2 rings (SSSR count). The average Bonchev–Trinajstić information content (AvgIpc) is 3.12. The third kappa shape index (κ3) is 6.35. The molecule has 7 heteroatoms. The summed E-state index contributed by atoms with van der Waals surface area (Å²) in [6, 6.07) is 3.46. The molecule has 1 aliphatic heterocycles. The topological polar surface area (TPSA) is 93.0 Å². The zero-order valence-corrected chi connectivity index (χ0v) is 17.9. The van der Waals surface area contributed by atoms with E-state index < -0.39 is 12.8 Å². The highest BCUT2D eigenvalue weighted by Gasteiger charge is 2.20. The van der Waals surface area contributed by atoms with Gasteiger partial charge in [0.1, 0.15) is 6.04 Å². The highest BCUT2D eigenvalue weighted by atomic mass is 19.1. The number of fused-ring (bicyclic) bond motifs is 1. The predicted molar refractivity (Wildman–Crippen MR) is 117 cm³/mol. The van der Waals surface area contributed by atoms with Crippen molar-refractivity contribution in [2.75, 3.05) is 20.1 Å². The van der Waals surface area contributed by atoms with Crippen LogP contribution in [-0.2, 0) is 6.42 Å². The molecule has 2 unspecified atom stereocenters. The van der Waals surface area contributed by atoms with Crippen LogP contribution in [-0.4, -0.2) is 43.3 Å². The molecule has 3 N–H and O–H groups in total. The molecule has 0 spiro atoms. The number of aliphatic imine (C=N–C) groups is 2. The fraction of sp³-hybridized carbons (Fsp3) is 0.591. The van der Waals surface area contributed by atoms with Crippen molar-refractivity contribution in [3.63, 3.8) is 0 Å². The van der Waals surface area contributed by atoms with Gasteiger partial charge in [0.15, 0.2) is 18.3 Å². The zero-order chi connectivity index (χ0) is 21.4. The van der Waals surface area contributed by atoms with Crippen LogP contribution in [0, 0.1) is 18.3 Å². The second-order valence-corrected chi connectivity index (χ2v) is 7.56. The van der Waals surface area contributed by atoms with E-state index in [0.29, 0.717) is 30.3 Å². The maximum atomic E-state index is 12.8. The number of nitrogens with zero attached hydrogens (tertiary/aromatic N) is 2. The van der Waals surface area contributed by atoms with Gasteiger partial charge in [-0.3, -0.25) is 9.98 Å². The molecule has 0 radical (unpaired) electrons. The summed E-state index contributed by atoms with van der Waals surface area (Å²) in [4.78, 5) is 8.73. The van der Waals surface area contributed by atoms with Gasteiger partial charge in [0, 0.05) is 23.6 Å². The lowest BCUT2D eigenvalue weighted by Crippen LogP contribution is -2.27. The fourth-order valence-electron chi connectivity index (χ4n) is 3.55. The molecule has 1 aliphatic rings. The summed E-state index contributed by atoms with van der Waals surface area (Å²) in [5.41, 5.74) is 9.85. The second-order valence-electron chi connectivity index (χ2n) is 7.56. The normalized spacial score (nSPS) is 16.1. The summed E-state index contributed by atoms with van der Waals surface area (Å²) < 4.78 is 23.7. The molecule has 1 aromatic rings. The molecule has 0 amide bonds. The SMILES string of the molecule is CCC(CCN)CC(Cc1cc2c(cc1C)OCO2)=NC(C(C)=N)C(C)=NCF. The molecule has 0 aliphatic carbocycles. The van der Waals surface area contributed by atoms with Gasteiger partial charge in [-0.15, -0.1) is 0 Å². The van der Waals surface area contributed by atoms with Crippen molar-refractivity contribution < 1.29 is 13.9 Å². The van der Waals surface area contributed by atoms with E-state index in [1.165, 1.54) is 0 Å². The van der Waals surface area contributed by atoms with Crippen LogP contribution in [0.15, 0.2) is 22.1 Å². The summed E-state index contributed by atoms with van der Waals surface area (Å²) in [6.45, 7) is 7.68. The van der Waals surface area contributed by atoms with Crippen molar-refractivity contribution in [2.45, 2.75) is 59.4 Å². The van der Waals surface area contributed by atoms with Crippen molar-refractivity contribution in [2.24, 2.45) is 21.6 Å². The van der Waals surface area contributed by atoms with Gasteiger partial charge < -0.3 is 20.6 Å². The number of alkyl halides is 1. The molecule has 160 valence electrons. The third-order valence-corrected chi connectivity index (χ3v) is 5.33. The van der Waals surface area contributed by atoms with Crippen molar-refractivity contribution in [3.05, 3.63) is 23.3 Å². The van der Waals surface area contributed by atoms with Crippen LogP contribution < -0.4 is 15.2 Å². The monoisotopic (exact) mass is 404 g/mol. The van der Waals surface area contributed by atoms with Crippen LogP contribution in [0.4, 0.5) is 4.39 Å². The summed E-state index contributed by atoms with van der Waals surface area (Å²) >= 11 is 0. The van der Waals surface area contributed by atoms with Gasteiger partial charge in [-0.2, -0.15) is 0 Å². The van der Waals surface area contributed by atoms with Crippen molar-refractivity contribution in [3.8, 4) is 11.5 Å². The Bertz CT molecular complexity index is 776. The lowest BCUT2D eigenvalue weighted by molar-refractivity contribution is 0.174. The van der Waals surface area contributed by atoms with Crippen LogP contribution in [0.3, 0.4) is 0 Å². The van der Waals surface area contributed by atoms with Crippen molar-refractivity contribution in [1.29, 1.82) is 5.41 Å². The summed E-state index contributed by atoms with van der Waals surface area (Å²) in [5.74, 6) is 1.92. The van der Waals surface area contributed by atoms with Gasteiger partial charge in [0.2, 0.25) is 6.79 Å². The van der Waals surface area contributed by atoms with E-state index in [1.54, 1.807) is 13.8 Å². The Labute approximate surface area is 172 Å². The maximum absolute atomic E-state index is 12.8. The number of nitrogens with two attached hydrogens (primary N) is 1. The second kappa shape index (κ2) is 11.0. The van der Waals surface area contributed by atoms with Crippen LogP contribution in [0.1, 0.15) is 51.2 Å². The first-order valence-corrected chi connectivity index (χ1v) is 10.2. The number of halogens is 1. The summed E-state index contributed by atoms with van der Waals surface area (Å²) in [6.07, 6.45) is 3.34. The number of hydrogen-bond acceptors (Lipinski definition) is 6. The minimum atomic E-state index is -0.799. The molecule has 1 heterocycles. The third-order valence-electron chi connectivity index (χ3n) is 5.33. The molecule has 0 saturated carbocycles. The maximum Gasteiger partial charge on any atom is 0.231 e. The standard InChI is InChI=1S/C22H33FN4O2/c1-5-17(6-7-24)9-19(27-22(15(3)25)16(4)26-12-23)10-18-11-21-20(8-14(18)2)28-13-29-21/h8,11,17,22,25H,5-7,9-10,12-13,24H2,1-4H3. The van der Waals surface area contributed by atoms with E-state index in [9.17, 15) is 4.39 Å². The molecule has 0 fully saturated rings. The smallest absolute Gasteiger partial charge is 0.231 e. The van der Waals surface area contributed by atoms with Gasteiger partial charge in [0.05, 0.1) is 0 Å². The number of benzene rings is 1. The first-order chi connectivity index (χ1) is 13.9. The molecule has 29 heavy (non-hydrogen) atoms. The Hall–Kier alpha value is -2.28. The van der Waals surface area contributed by atoms with Crippen LogP contribution >= 0.6 is 0 Å². The minimum Gasteiger partial charge on any atom is -0.454 e. The van der Waals surface area contributed by atoms with E-state index in [2.05, 4.69) is 11.9 Å². The van der Waals surface area contributed by atoms with Crippen molar-refractivity contribution in [1.82, 2.24) is 0 Å². The van der Waals surface area contributed by atoms with E-state index in [4.69, 9.17) is 25.6 Å². The van der Waals surface area contributed by atoms with Crippen LogP contribution in [0.5, 0.6) is 11.5 Å². The Kier molecular flexibility index (Phi) is 8.76. The number of hydrogen-bond donors (Lipinski definition) is 2. The zero-order valence-electron chi connectivity index (χ0n) is 17.9. The molecule has 6 nitrogen and oxygen atoms in total.